The highest BCUT2D eigenvalue weighted by Crippen LogP contribution is 2.53. The second kappa shape index (κ2) is 8.52. The highest BCUT2D eigenvalue weighted by atomic mass is 79.9. The van der Waals surface area contributed by atoms with E-state index < -0.39 is 5.41 Å². The standard InChI is InChI=1S/C27H24BrN3O3/c1-34-25(33)26-9-12-27(13-10-26,14-11-26)31-24(32)22-19-15-18(28)7-8-21(19)30-23(20(22)16-29)17-5-3-2-4-6-17/h2-8,15H,9-14H2,1H3,(H,31,32). The number of nitrogens with zero attached hydrogens (tertiary/aromatic N) is 2. The van der Waals surface area contributed by atoms with Crippen molar-refractivity contribution in [1.82, 2.24) is 10.3 Å². The predicted octanol–water partition coefficient (Wildman–Crippen LogP) is 5.53. The fourth-order valence-electron chi connectivity index (χ4n) is 5.58. The van der Waals surface area contributed by atoms with Gasteiger partial charge < -0.3 is 10.1 Å². The van der Waals surface area contributed by atoms with Crippen LogP contribution in [0.25, 0.3) is 22.2 Å². The molecule has 0 spiro atoms. The van der Waals surface area contributed by atoms with Crippen LogP contribution in [0.3, 0.4) is 0 Å². The number of pyridine rings is 1. The number of hydrogen-bond donors (Lipinski definition) is 1. The first kappa shape index (κ1) is 22.5. The third-order valence-electron chi connectivity index (χ3n) is 7.58. The third kappa shape index (κ3) is 3.67. The van der Waals surface area contributed by atoms with Gasteiger partial charge >= 0.3 is 5.97 Å². The summed E-state index contributed by atoms with van der Waals surface area (Å²) >= 11 is 3.49. The summed E-state index contributed by atoms with van der Waals surface area (Å²) in [5, 5.41) is 14.1. The largest absolute Gasteiger partial charge is 0.469 e. The van der Waals surface area contributed by atoms with Crippen LogP contribution < -0.4 is 5.32 Å². The van der Waals surface area contributed by atoms with Crippen LogP contribution in [0.5, 0.6) is 0 Å². The van der Waals surface area contributed by atoms with Crippen molar-refractivity contribution < 1.29 is 14.3 Å². The first-order valence-electron chi connectivity index (χ1n) is 11.4. The molecule has 3 aliphatic carbocycles. The van der Waals surface area contributed by atoms with Gasteiger partial charge in [0, 0.05) is 21.0 Å². The minimum atomic E-state index is -0.423. The van der Waals surface area contributed by atoms with E-state index in [0.717, 1.165) is 10.0 Å². The molecule has 3 saturated carbocycles. The Balaban J connectivity index is 1.57. The third-order valence-corrected chi connectivity index (χ3v) is 8.07. The molecular weight excluding hydrogens is 494 g/mol. The zero-order valence-electron chi connectivity index (χ0n) is 18.9. The summed E-state index contributed by atoms with van der Waals surface area (Å²) in [6.07, 6.45) is 4.24. The molecule has 6 rings (SSSR count). The normalized spacial score (nSPS) is 23.3. The number of esters is 1. The van der Waals surface area contributed by atoms with Crippen LogP contribution in [0.1, 0.15) is 54.4 Å². The first-order valence-corrected chi connectivity index (χ1v) is 12.2. The number of fused-ring (bicyclic) bond motifs is 4. The van der Waals surface area contributed by atoms with Crippen molar-refractivity contribution in [2.75, 3.05) is 7.11 Å². The summed E-state index contributed by atoms with van der Waals surface area (Å²) in [4.78, 5) is 31.0. The van der Waals surface area contributed by atoms with Crippen molar-refractivity contribution in [1.29, 1.82) is 5.26 Å². The molecule has 1 aromatic heterocycles. The molecule has 6 nitrogen and oxygen atoms in total. The topological polar surface area (TPSA) is 92.1 Å². The number of benzene rings is 2. The number of carbonyl (C=O) groups is 2. The smallest absolute Gasteiger partial charge is 0.311 e. The molecule has 0 aliphatic heterocycles. The lowest BCUT2D eigenvalue weighted by molar-refractivity contribution is -0.160. The van der Waals surface area contributed by atoms with Crippen LogP contribution in [0.15, 0.2) is 53.0 Å². The van der Waals surface area contributed by atoms with E-state index in [2.05, 4.69) is 27.3 Å². The molecular formula is C27H24BrN3O3. The van der Waals surface area contributed by atoms with Crippen LogP contribution in [0, 0.1) is 16.7 Å². The second-order valence-corrected chi connectivity index (χ2v) is 10.3. The van der Waals surface area contributed by atoms with Gasteiger partial charge in [-0.15, -0.1) is 0 Å². The molecule has 0 saturated heterocycles. The second-order valence-electron chi connectivity index (χ2n) is 9.36. The summed E-state index contributed by atoms with van der Waals surface area (Å²) in [5.41, 5.74) is 1.74. The van der Waals surface area contributed by atoms with Crippen LogP contribution in [-0.4, -0.2) is 29.5 Å². The summed E-state index contributed by atoms with van der Waals surface area (Å²) in [6, 6.07) is 17.3. The Morgan fingerprint density at radius 1 is 1.06 bits per heavy atom. The zero-order valence-corrected chi connectivity index (χ0v) is 20.4. The molecule has 34 heavy (non-hydrogen) atoms. The number of nitrogens with one attached hydrogen (secondary N) is 1. The summed E-state index contributed by atoms with van der Waals surface area (Å²) in [5.74, 6) is -0.414. The van der Waals surface area contributed by atoms with E-state index in [1.54, 1.807) is 0 Å². The predicted molar refractivity (Wildman–Crippen MR) is 132 cm³/mol. The number of ether oxygens (including phenoxy) is 1. The number of aromatic nitrogens is 1. The fourth-order valence-corrected chi connectivity index (χ4v) is 5.95. The van der Waals surface area contributed by atoms with E-state index in [9.17, 15) is 14.9 Å². The minimum absolute atomic E-state index is 0.142. The number of methoxy groups -OCH3 is 1. The van der Waals surface area contributed by atoms with E-state index in [1.807, 2.05) is 48.5 Å². The van der Waals surface area contributed by atoms with E-state index >= 15 is 0 Å². The molecule has 1 heterocycles. The lowest BCUT2D eigenvalue weighted by atomic mass is 9.57. The zero-order chi connectivity index (χ0) is 23.9. The summed E-state index contributed by atoms with van der Waals surface area (Å²) in [7, 11) is 1.44. The Hall–Kier alpha value is -3.24. The average molecular weight is 518 g/mol. The number of halogens is 1. The van der Waals surface area contributed by atoms with Gasteiger partial charge in [0.15, 0.2) is 0 Å². The van der Waals surface area contributed by atoms with Crippen molar-refractivity contribution in [2.24, 2.45) is 5.41 Å². The Labute approximate surface area is 206 Å². The van der Waals surface area contributed by atoms with Gasteiger partial charge in [0.1, 0.15) is 6.07 Å². The molecule has 3 aromatic rings. The van der Waals surface area contributed by atoms with Crippen LogP contribution in [-0.2, 0) is 9.53 Å². The monoisotopic (exact) mass is 517 g/mol. The van der Waals surface area contributed by atoms with Crippen molar-refractivity contribution in [2.45, 2.75) is 44.1 Å². The van der Waals surface area contributed by atoms with Gasteiger partial charge in [-0.2, -0.15) is 5.26 Å². The van der Waals surface area contributed by atoms with Crippen LogP contribution in [0.4, 0.5) is 0 Å². The Kier molecular flexibility index (Phi) is 5.65. The van der Waals surface area contributed by atoms with Gasteiger partial charge in [0.25, 0.3) is 5.91 Å². The number of rotatable bonds is 4. The lowest BCUT2D eigenvalue weighted by Gasteiger charge is -2.52. The van der Waals surface area contributed by atoms with Crippen molar-refractivity contribution in [3.8, 4) is 17.3 Å². The van der Waals surface area contributed by atoms with Gasteiger partial charge in [0.05, 0.1) is 34.9 Å². The lowest BCUT2D eigenvalue weighted by Crippen LogP contribution is -2.58. The van der Waals surface area contributed by atoms with E-state index in [1.165, 1.54) is 7.11 Å². The Bertz CT molecular complexity index is 1320. The minimum Gasteiger partial charge on any atom is -0.469 e. The average Bonchev–Trinajstić information content (AvgIpc) is 2.88. The van der Waals surface area contributed by atoms with E-state index in [4.69, 9.17) is 9.72 Å². The Morgan fingerprint density at radius 2 is 1.74 bits per heavy atom. The molecule has 0 atom stereocenters. The number of carbonyl (C=O) groups excluding carboxylic acids is 2. The molecule has 2 aromatic carbocycles. The number of nitriles is 1. The highest BCUT2D eigenvalue weighted by molar-refractivity contribution is 9.10. The molecule has 3 aliphatic rings. The molecule has 7 heteroatoms. The summed E-state index contributed by atoms with van der Waals surface area (Å²) in [6.45, 7) is 0. The first-order chi connectivity index (χ1) is 16.4. The number of amides is 1. The fraction of sp³-hybridized carbons (Fsp3) is 0.333. The van der Waals surface area contributed by atoms with Crippen molar-refractivity contribution >= 4 is 38.7 Å². The van der Waals surface area contributed by atoms with Crippen LogP contribution in [0.2, 0.25) is 0 Å². The maximum atomic E-state index is 13.9. The van der Waals surface area contributed by atoms with Crippen molar-refractivity contribution in [3.63, 3.8) is 0 Å². The van der Waals surface area contributed by atoms with Gasteiger partial charge in [-0.25, -0.2) is 4.98 Å². The molecule has 0 unspecified atom stereocenters. The Morgan fingerprint density at radius 3 is 2.35 bits per heavy atom. The van der Waals surface area contributed by atoms with Gasteiger partial charge in [-0.1, -0.05) is 46.3 Å². The maximum absolute atomic E-state index is 13.9. The van der Waals surface area contributed by atoms with Gasteiger partial charge in [0.2, 0.25) is 0 Å². The molecule has 1 N–H and O–H groups in total. The molecule has 3 fully saturated rings. The van der Waals surface area contributed by atoms with Crippen molar-refractivity contribution in [3.05, 3.63) is 64.1 Å². The highest BCUT2D eigenvalue weighted by Gasteiger charge is 2.53. The van der Waals surface area contributed by atoms with E-state index in [-0.39, 0.29) is 23.0 Å². The number of hydrogen-bond acceptors (Lipinski definition) is 5. The summed E-state index contributed by atoms with van der Waals surface area (Å²) < 4.78 is 5.87. The maximum Gasteiger partial charge on any atom is 0.311 e. The molecule has 2 bridgehead atoms. The van der Waals surface area contributed by atoms with Gasteiger partial charge in [-0.3, -0.25) is 9.59 Å². The van der Waals surface area contributed by atoms with Gasteiger partial charge in [-0.05, 0) is 56.7 Å². The SMILES string of the molecule is COC(=O)C12CCC(NC(=O)c3c(C#N)c(-c4ccccc4)nc4ccc(Br)cc34)(CC1)CC2. The molecule has 172 valence electrons. The van der Waals surface area contributed by atoms with E-state index in [0.29, 0.717) is 60.7 Å². The molecule has 1 amide bonds. The quantitative estimate of drug-likeness (QED) is 0.459. The molecule has 0 radical (unpaired) electrons. The van der Waals surface area contributed by atoms with Crippen LogP contribution >= 0.6 is 15.9 Å².